The molecule has 0 aromatic heterocycles. The van der Waals surface area contributed by atoms with E-state index in [0.29, 0.717) is 0 Å². The topological polar surface area (TPSA) is 30.5 Å². The van der Waals surface area contributed by atoms with Gasteiger partial charge in [-0.15, -0.1) is 0 Å². The second kappa shape index (κ2) is 5.28. The van der Waals surface area contributed by atoms with E-state index in [1.807, 2.05) is 0 Å². The molecule has 0 spiro atoms. The molecule has 15 heavy (non-hydrogen) atoms. The maximum atomic E-state index is 5.40. The van der Waals surface area contributed by atoms with Crippen molar-refractivity contribution in [2.24, 2.45) is 0 Å². The van der Waals surface area contributed by atoms with Gasteiger partial charge in [-0.25, -0.2) is 0 Å². The molecule has 0 aromatic rings. The molecule has 0 aliphatic carbocycles. The van der Waals surface area contributed by atoms with Gasteiger partial charge in [0.25, 0.3) is 0 Å². The van der Waals surface area contributed by atoms with Crippen LogP contribution in [0.4, 0.5) is 0 Å². The predicted octanol–water partition coefficient (Wildman–Crippen LogP) is 1.96. The Morgan fingerprint density at radius 1 is 1.33 bits per heavy atom. The lowest BCUT2D eigenvalue weighted by Crippen LogP contribution is -2.48. The van der Waals surface area contributed by atoms with E-state index in [9.17, 15) is 0 Å². The number of hydrogen-bond donors (Lipinski definition) is 1. The van der Waals surface area contributed by atoms with Crippen LogP contribution in [-0.2, 0) is 9.47 Å². The van der Waals surface area contributed by atoms with Crippen LogP contribution in [0, 0.1) is 0 Å². The molecule has 0 amide bonds. The summed E-state index contributed by atoms with van der Waals surface area (Å²) in [6.45, 7) is 9.32. The fourth-order valence-electron chi connectivity index (χ4n) is 1.77. The minimum absolute atomic E-state index is 0.0193. The monoisotopic (exact) mass is 215 g/mol. The highest BCUT2D eigenvalue weighted by molar-refractivity contribution is 4.86. The molecular formula is C12H25NO2. The quantitative estimate of drug-likeness (QED) is 0.760. The van der Waals surface area contributed by atoms with Crippen LogP contribution in [0.1, 0.15) is 40.0 Å². The second-order valence-electron chi connectivity index (χ2n) is 5.31. The molecule has 1 N–H and O–H groups in total. The first-order valence-corrected chi connectivity index (χ1v) is 5.85. The van der Waals surface area contributed by atoms with Gasteiger partial charge in [0.1, 0.15) is 0 Å². The SMILES string of the molecule is COC(C)(C)CCNC1(C)CCOCC1. The van der Waals surface area contributed by atoms with E-state index in [0.717, 1.165) is 39.0 Å². The van der Waals surface area contributed by atoms with Crippen LogP contribution in [0.15, 0.2) is 0 Å². The van der Waals surface area contributed by atoms with Crippen LogP contribution < -0.4 is 5.32 Å². The highest BCUT2D eigenvalue weighted by Crippen LogP contribution is 2.20. The first-order valence-electron chi connectivity index (χ1n) is 5.85. The van der Waals surface area contributed by atoms with Crippen molar-refractivity contribution in [1.82, 2.24) is 5.32 Å². The maximum Gasteiger partial charge on any atom is 0.0634 e. The minimum Gasteiger partial charge on any atom is -0.381 e. The Hall–Kier alpha value is -0.120. The van der Waals surface area contributed by atoms with Gasteiger partial charge in [-0.1, -0.05) is 0 Å². The number of rotatable bonds is 5. The highest BCUT2D eigenvalue weighted by atomic mass is 16.5. The molecule has 0 saturated carbocycles. The summed E-state index contributed by atoms with van der Waals surface area (Å²) in [6, 6.07) is 0. The van der Waals surface area contributed by atoms with Crippen molar-refractivity contribution >= 4 is 0 Å². The summed E-state index contributed by atoms with van der Waals surface area (Å²) in [6.07, 6.45) is 3.26. The molecular weight excluding hydrogens is 190 g/mol. The average molecular weight is 215 g/mol. The van der Waals surface area contributed by atoms with Crippen LogP contribution in [0.25, 0.3) is 0 Å². The molecule has 90 valence electrons. The van der Waals surface area contributed by atoms with Gasteiger partial charge >= 0.3 is 0 Å². The molecule has 1 heterocycles. The standard InChI is InChI=1S/C12H25NO2/c1-11(2,14-4)5-8-13-12(3)6-9-15-10-7-12/h13H,5-10H2,1-4H3. The van der Waals surface area contributed by atoms with Crippen molar-refractivity contribution in [3.8, 4) is 0 Å². The minimum atomic E-state index is -0.0193. The van der Waals surface area contributed by atoms with Gasteiger partial charge in [0.05, 0.1) is 5.60 Å². The molecule has 3 heteroatoms. The van der Waals surface area contributed by atoms with Gasteiger partial charge in [0.15, 0.2) is 0 Å². The maximum absolute atomic E-state index is 5.40. The lowest BCUT2D eigenvalue weighted by atomic mass is 9.92. The smallest absolute Gasteiger partial charge is 0.0634 e. The molecule has 1 rings (SSSR count). The Morgan fingerprint density at radius 3 is 2.47 bits per heavy atom. The van der Waals surface area contributed by atoms with Crippen molar-refractivity contribution in [2.45, 2.75) is 51.2 Å². The van der Waals surface area contributed by atoms with Gasteiger partial charge < -0.3 is 14.8 Å². The van der Waals surface area contributed by atoms with Gasteiger partial charge in [-0.3, -0.25) is 0 Å². The summed E-state index contributed by atoms with van der Waals surface area (Å²) < 4.78 is 10.8. The third-order valence-electron chi connectivity index (χ3n) is 3.43. The molecule has 1 aliphatic heterocycles. The van der Waals surface area contributed by atoms with Crippen LogP contribution >= 0.6 is 0 Å². The Bertz CT molecular complexity index is 186. The summed E-state index contributed by atoms with van der Waals surface area (Å²) in [5, 5.41) is 3.63. The Labute approximate surface area is 93.5 Å². The van der Waals surface area contributed by atoms with Gasteiger partial charge in [0, 0.05) is 25.9 Å². The van der Waals surface area contributed by atoms with Crippen molar-refractivity contribution in [2.75, 3.05) is 26.9 Å². The zero-order valence-electron chi connectivity index (χ0n) is 10.6. The van der Waals surface area contributed by atoms with Crippen molar-refractivity contribution in [3.05, 3.63) is 0 Å². The van der Waals surface area contributed by atoms with E-state index in [-0.39, 0.29) is 11.1 Å². The summed E-state index contributed by atoms with van der Waals surface area (Å²) in [7, 11) is 1.77. The van der Waals surface area contributed by atoms with Gasteiger partial charge in [0.2, 0.25) is 0 Å². The molecule has 0 aromatic carbocycles. The summed E-state index contributed by atoms with van der Waals surface area (Å²) >= 11 is 0. The molecule has 1 saturated heterocycles. The largest absolute Gasteiger partial charge is 0.381 e. The van der Waals surface area contributed by atoms with E-state index >= 15 is 0 Å². The second-order valence-corrected chi connectivity index (χ2v) is 5.31. The Balaban J connectivity index is 2.24. The molecule has 0 unspecified atom stereocenters. The number of ether oxygens (including phenoxy) is 2. The summed E-state index contributed by atoms with van der Waals surface area (Å²) in [5.74, 6) is 0. The lowest BCUT2D eigenvalue weighted by Gasteiger charge is -2.35. The van der Waals surface area contributed by atoms with Crippen molar-refractivity contribution < 1.29 is 9.47 Å². The summed E-state index contributed by atoms with van der Waals surface area (Å²) in [4.78, 5) is 0. The van der Waals surface area contributed by atoms with Gasteiger partial charge in [-0.2, -0.15) is 0 Å². The van der Waals surface area contributed by atoms with Crippen LogP contribution in [0.3, 0.4) is 0 Å². The van der Waals surface area contributed by atoms with E-state index in [1.54, 1.807) is 7.11 Å². The van der Waals surface area contributed by atoms with E-state index < -0.39 is 0 Å². The van der Waals surface area contributed by atoms with Crippen LogP contribution in [0.2, 0.25) is 0 Å². The molecule has 1 fully saturated rings. The number of nitrogens with one attached hydrogen (secondary N) is 1. The molecule has 0 bridgehead atoms. The third kappa shape index (κ3) is 4.49. The zero-order valence-corrected chi connectivity index (χ0v) is 10.6. The predicted molar refractivity (Wildman–Crippen MR) is 62.2 cm³/mol. The van der Waals surface area contributed by atoms with Crippen LogP contribution in [-0.4, -0.2) is 38.0 Å². The number of hydrogen-bond acceptors (Lipinski definition) is 3. The third-order valence-corrected chi connectivity index (χ3v) is 3.43. The molecule has 0 radical (unpaired) electrons. The zero-order chi connectivity index (χ0) is 11.4. The normalized spacial score (nSPS) is 21.6. The first kappa shape index (κ1) is 12.9. The summed E-state index contributed by atoms with van der Waals surface area (Å²) in [5.41, 5.74) is 0.247. The lowest BCUT2D eigenvalue weighted by molar-refractivity contribution is 0.00899. The van der Waals surface area contributed by atoms with E-state index in [1.165, 1.54) is 0 Å². The Kier molecular flexibility index (Phi) is 4.56. The average Bonchev–Trinajstić information content (AvgIpc) is 2.18. The fraction of sp³-hybridized carbons (Fsp3) is 1.00. The van der Waals surface area contributed by atoms with Gasteiger partial charge in [-0.05, 0) is 46.6 Å². The molecule has 1 aliphatic rings. The molecule has 0 atom stereocenters. The highest BCUT2D eigenvalue weighted by Gasteiger charge is 2.27. The number of methoxy groups -OCH3 is 1. The van der Waals surface area contributed by atoms with Crippen molar-refractivity contribution in [3.63, 3.8) is 0 Å². The fourth-order valence-corrected chi connectivity index (χ4v) is 1.77. The Morgan fingerprint density at radius 2 is 1.93 bits per heavy atom. The van der Waals surface area contributed by atoms with E-state index in [2.05, 4.69) is 26.1 Å². The molecule has 3 nitrogen and oxygen atoms in total. The van der Waals surface area contributed by atoms with E-state index in [4.69, 9.17) is 9.47 Å². The first-order chi connectivity index (χ1) is 6.97. The van der Waals surface area contributed by atoms with Crippen molar-refractivity contribution in [1.29, 1.82) is 0 Å². The van der Waals surface area contributed by atoms with Crippen LogP contribution in [0.5, 0.6) is 0 Å².